The van der Waals surface area contributed by atoms with E-state index in [1.807, 2.05) is 0 Å². The standard InChI is InChI=1S/C28H22F7N5O2/c1-13-23(26(32)33)39-40(25(13)27(34)35)12-22(41)38-21(9-14-7-16(29)11-17(30)8-14)24-18(3-2-6-37-24)15-4-5-20(31)19(10-15)28(36)42/h2-8,10-11,21,26-27H,9,12H2,1H3,(H2,36,42)(H,38,41). The second-order valence-corrected chi connectivity index (χ2v) is 9.25. The summed E-state index contributed by atoms with van der Waals surface area (Å²) in [6.45, 7) is 0.140. The van der Waals surface area contributed by atoms with Crippen LogP contribution in [-0.4, -0.2) is 26.6 Å². The van der Waals surface area contributed by atoms with E-state index in [1.54, 1.807) is 0 Å². The zero-order chi connectivity index (χ0) is 30.7. The number of pyridine rings is 1. The normalized spacial score (nSPS) is 12.1. The summed E-state index contributed by atoms with van der Waals surface area (Å²) in [5, 5.41) is 6.04. The molecule has 0 bridgehead atoms. The van der Waals surface area contributed by atoms with Crippen LogP contribution in [0.2, 0.25) is 0 Å². The number of benzene rings is 2. The molecule has 42 heavy (non-hydrogen) atoms. The summed E-state index contributed by atoms with van der Waals surface area (Å²) in [5.74, 6) is -4.71. The van der Waals surface area contributed by atoms with Gasteiger partial charge < -0.3 is 11.1 Å². The zero-order valence-electron chi connectivity index (χ0n) is 21.7. The van der Waals surface area contributed by atoms with Gasteiger partial charge in [-0.1, -0.05) is 12.1 Å². The van der Waals surface area contributed by atoms with Gasteiger partial charge in [0.1, 0.15) is 35.4 Å². The van der Waals surface area contributed by atoms with Crippen LogP contribution in [0.1, 0.15) is 57.5 Å². The number of carbonyl (C=O) groups excluding carboxylic acids is 2. The molecule has 7 nitrogen and oxygen atoms in total. The smallest absolute Gasteiger partial charge is 0.282 e. The van der Waals surface area contributed by atoms with Gasteiger partial charge in [0.2, 0.25) is 5.91 Å². The van der Waals surface area contributed by atoms with Crippen molar-refractivity contribution in [2.45, 2.75) is 38.8 Å². The highest BCUT2D eigenvalue weighted by Crippen LogP contribution is 2.32. The average molecular weight is 594 g/mol. The minimum atomic E-state index is -3.22. The topological polar surface area (TPSA) is 103 Å². The lowest BCUT2D eigenvalue weighted by molar-refractivity contribution is -0.122. The van der Waals surface area contributed by atoms with Crippen molar-refractivity contribution in [1.82, 2.24) is 20.1 Å². The van der Waals surface area contributed by atoms with E-state index in [9.17, 15) is 40.3 Å². The first-order valence-electron chi connectivity index (χ1n) is 12.3. The molecule has 0 spiro atoms. The van der Waals surface area contributed by atoms with Crippen molar-refractivity contribution >= 4 is 11.8 Å². The Bertz CT molecular complexity index is 1620. The monoisotopic (exact) mass is 593 g/mol. The highest BCUT2D eigenvalue weighted by molar-refractivity contribution is 5.94. The van der Waals surface area contributed by atoms with Crippen molar-refractivity contribution in [3.63, 3.8) is 0 Å². The lowest BCUT2D eigenvalue weighted by Gasteiger charge is -2.22. The minimum Gasteiger partial charge on any atom is -0.366 e. The Morgan fingerprint density at radius 3 is 2.26 bits per heavy atom. The maximum absolute atomic E-state index is 14.2. The van der Waals surface area contributed by atoms with Crippen LogP contribution < -0.4 is 11.1 Å². The molecular weight excluding hydrogens is 571 g/mol. The number of hydrogen-bond donors (Lipinski definition) is 2. The van der Waals surface area contributed by atoms with Crippen molar-refractivity contribution in [3.8, 4) is 11.1 Å². The van der Waals surface area contributed by atoms with Crippen LogP contribution >= 0.6 is 0 Å². The fourth-order valence-corrected chi connectivity index (χ4v) is 4.57. The van der Waals surface area contributed by atoms with Crippen molar-refractivity contribution in [1.29, 1.82) is 0 Å². The largest absolute Gasteiger partial charge is 0.366 e. The van der Waals surface area contributed by atoms with Crippen LogP contribution in [0.3, 0.4) is 0 Å². The predicted octanol–water partition coefficient (Wildman–Crippen LogP) is 5.75. The number of amides is 2. The Labute approximate surface area is 234 Å². The van der Waals surface area contributed by atoms with E-state index in [4.69, 9.17) is 5.73 Å². The molecule has 2 amide bonds. The zero-order valence-corrected chi connectivity index (χ0v) is 21.7. The molecule has 3 N–H and O–H groups in total. The summed E-state index contributed by atoms with van der Waals surface area (Å²) in [6, 6.07) is 7.96. The summed E-state index contributed by atoms with van der Waals surface area (Å²) in [6.07, 6.45) is -5.32. The number of nitrogens with zero attached hydrogens (tertiary/aromatic N) is 3. The van der Waals surface area contributed by atoms with Gasteiger partial charge in [0.15, 0.2) is 0 Å². The summed E-state index contributed by atoms with van der Waals surface area (Å²) < 4.78 is 96.6. The van der Waals surface area contributed by atoms with Gasteiger partial charge in [0.05, 0.1) is 17.3 Å². The minimum absolute atomic E-state index is 0.0783. The maximum atomic E-state index is 14.2. The van der Waals surface area contributed by atoms with Crippen LogP contribution in [0.4, 0.5) is 30.7 Å². The van der Waals surface area contributed by atoms with Gasteiger partial charge >= 0.3 is 0 Å². The van der Waals surface area contributed by atoms with Gasteiger partial charge in [-0.3, -0.25) is 19.3 Å². The van der Waals surface area contributed by atoms with Gasteiger partial charge in [0.25, 0.3) is 18.8 Å². The molecule has 0 radical (unpaired) electrons. The molecule has 0 fully saturated rings. The maximum Gasteiger partial charge on any atom is 0.282 e. The van der Waals surface area contributed by atoms with Gasteiger partial charge in [-0.25, -0.2) is 30.7 Å². The van der Waals surface area contributed by atoms with E-state index in [2.05, 4.69) is 15.4 Å². The second-order valence-electron chi connectivity index (χ2n) is 9.25. The molecule has 0 aliphatic rings. The predicted molar refractivity (Wildman–Crippen MR) is 136 cm³/mol. The van der Waals surface area contributed by atoms with Crippen molar-refractivity contribution in [3.05, 3.63) is 106 Å². The van der Waals surface area contributed by atoms with Crippen molar-refractivity contribution in [2.24, 2.45) is 5.73 Å². The molecule has 0 saturated heterocycles. The molecule has 1 atom stereocenters. The number of nitrogens with one attached hydrogen (secondary N) is 1. The van der Waals surface area contributed by atoms with Crippen molar-refractivity contribution < 1.29 is 40.3 Å². The molecule has 0 aliphatic heterocycles. The second kappa shape index (κ2) is 12.4. The SMILES string of the molecule is Cc1c(C(F)F)nn(CC(=O)NC(Cc2cc(F)cc(F)c2)c2ncccc2-c2ccc(F)c(C(N)=O)c2)c1C(F)F. The number of alkyl halides is 4. The Morgan fingerprint density at radius 2 is 1.64 bits per heavy atom. The number of halogens is 7. The van der Waals surface area contributed by atoms with Gasteiger partial charge in [-0.15, -0.1) is 0 Å². The third kappa shape index (κ3) is 6.58. The number of primary amides is 1. The Balaban J connectivity index is 1.76. The first-order valence-corrected chi connectivity index (χ1v) is 12.3. The third-order valence-corrected chi connectivity index (χ3v) is 6.39. The quantitative estimate of drug-likeness (QED) is 0.229. The average Bonchev–Trinajstić information content (AvgIpc) is 3.23. The summed E-state index contributed by atoms with van der Waals surface area (Å²) >= 11 is 0. The lowest BCUT2D eigenvalue weighted by Crippen LogP contribution is -2.34. The fourth-order valence-electron chi connectivity index (χ4n) is 4.57. The van der Waals surface area contributed by atoms with Gasteiger partial charge in [-0.05, 0) is 54.8 Å². The van der Waals surface area contributed by atoms with Crippen LogP contribution in [-0.2, 0) is 17.8 Å². The molecule has 2 aromatic heterocycles. The Kier molecular flexibility index (Phi) is 8.93. The summed E-state index contributed by atoms with van der Waals surface area (Å²) in [5.41, 5.74) is 3.29. The van der Waals surface area contributed by atoms with E-state index in [1.165, 1.54) is 24.4 Å². The Morgan fingerprint density at radius 1 is 0.952 bits per heavy atom. The van der Waals surface area contributed by atoms with E-state index in [-0.39, 0.29) is 28.8 Å². The molecule has 0 saturated carbocycles. The fraction of sp³-hybridized carbons (Fsp3) is 0.214. The van der Waals surface area contributed by atoms with Crippen LogP contribution in [0, 0.1) is 24.4 Å². The van der Waals surface area contributed by atoms with E-state index in [0.29, 0.717) is 10.7 Å². The van der Waals surface area contributed by atoms with E-state index < -0.39 is 77.2 Å². The summed E-state index contributed by atoms with van der Waals surface area (Å²) in [7, 11) is 0. The van der Waals surface area contributed by atoms with Gasteiger partial charge in [-0.2, -0.15) is 5.10 Å². The molecule has 0 aliphatic carbocycles. The molecule has 14 heteroatoms. The first-order chi connectivity index (χ1) is 19.8. The number of rotatable bonds is 10. The third-order valence-electron chi connectivity index (χ3n) is 6.39. The molecular formula is C28H22F7N5O2. The Hall–Kier alpha value is -4.75. The number of aromatic nitrogens is 3. The molecule has 2 heterocycles. The number of hydrogen-bond acceptors (Lipinski definition) is 4. The first kappa shape index (κ1) is 30.2. The van der Waals surface area contributed by atoms with Crippen LogP contribution in [0.25, 0.3) is 11.1 Å². The highest BCUT2D eigenvalue weighted by atomic mass is 19.3. The van der Waals surface area contributed by atoms with Crippen LogP contribution in [0.5, 0.6) is 0 Å². The molecule has 1 unspecified atom stereocenters. The van der Waals surface area contributed by atoms with Gasteiger partial charge in [0, 0.05) is 23.4 Å². The van der Waals surface area contributed by atoms with E-state index >= 15 is 0 Å². The lowest BCUT2D eigenvalue weighted by atomic mass is 9.94. The number of nitrogens with two attached hydrogens (primary N) is 1. The van der Waals surface area contributed by atoms with Crippen LogP contribution in [0.15, 0.2) is 54.7 Å². The molecule has 2 aromatic carbocycles. The molecule has 220 valence electrons. The highest BCUT2D eigenvalue weighted by Gasteiger charge is 2.28. The van der Waals surface area contributed by atoms with E-state index in [0.717, 1.165) is 31.2 Å². The summed E-state index contributed by atoms with van der Waals surface area (Å²) in [4.78, 5) is 29.1. The molecule has 4 rings (SSSR count). The number of carbonyl (C=O) groups is 2. The molecule has 4 aromatic rings. The van der Waals surface area contributed by atoms with Crippen molar-refractivity contribution in [2.75, 3.05) is 0 Å².